The van der Waals surface area contributed by atoms with Crippen LogP contribution in [-0.4, -0.2) is 51.6 Å². The second-order valence-corrected chi connectivity index (χ2v) is 2.23. The zero-order chi connectivity index (χ0) is 7.72. The summed E-state index contributed by atoms with van der Waals surface area (Å²) in [5.41, 5.74) is 0. The first-order valence-electron chi connectivity index (χ1n) is 2.97. The third-order valence-corrected chi connectivity index (χ3v) is 1.52. The predicted molar refractivity (Wildman–Crippen MR) is 30.0 cm³/mol. The van der Waals surface area contributed by atoms with E-state index in [1.165, 1.54) is 0 Å². The van der Waals surface area contributed by atoms with Gasteiger partial charge >= 0.3 is 0 Å². The van der Waals surface area contributed by atoms with Crippen molar-refractivity contribution >= 4 is 0 Å². The van der Waals surface area contributed by atoms with Crippen molar-refractivity contribution in [1.82, 2.24) is 0 Å². The summed E-state index contributed by atoms with van der Waals surface area (Å²) in [6.45, 7) is -0.407. The van der Waals surface area contributed by atoms with Crippen LogP contribution in [0.15, 0.2) is 0 Å². The molecule has 0 saturated carbocycles. The van der Waals surface area contributed by atoms with Crippen LogP contribution in [0.25, 0.3) is 0 Å². The van der Waals surface area contributed by atoms with E-state index in [4.69, 9.17) is 20.4 Å². The Labute approximate surface area is 57.5 Å². The van der Waals surface area contributed by atoms with Gasteiger partial charge in [-0.15, -0.1) is 0 Å². The van der Waals surface area contributed by atoms with Crippen LogP contribution in [0.2, 0.25) is 0 Å². The minimum atomic E-state index is -1.38. The van der Waals surface area contributed by atoms with E-state index in [1.54, 1.807) is 0 Å². The molecule has 0 radical (unpaired) electrons. The molecule has 0 aromatic carbocycles. The molecule has 1 rings (SSSR count). The summed E-state index contributed by atoms with van der Waals surface area (Å²) in [5.74, 6) is 0. The van der Waals surface area contributed by atoms with Gasteiger partial charge < -0.3 is 25.2 Å². The van der Waals surface area contributed by atoms with E-state index in [0.717, 1.165) is 0 Å². The number of hydrogen-bond donors (Lipinski definition) is 4. The van der Waals surface area contributed by atoms with E-state index in [0.29, 0.717) is 0 Å². The minimum Gasteiger partial charge on any atom is -0.394 e. The molecule has 10 heavy (non-hydrogen) atoms. The van der Waals surface area contributed by atoms with Gasteiger partial charge in [0.05, 0.1) is 6.61 Å². The van der Waals surface area contributed by atoms with Crippen LogP contribution in [-0.2, 0) is 4.74 Å². The number of rotatable bonds is 1. The molecule has 5 nitrogen and oxygen atoms in total. The van der Waals surface area contributed by atoms with E-state index >= 15 is 0 Å². The standard InChI is InChI=1S/C5H10O5/c6-1-2-3(7)4(8)5(9)10-2/h2-9H,1H2/t2-,3-,4+,5-/m0/s1. The number of aliphatic hydroxyl groups excluding tert-OH is 4. The van der Waals surface area contributed by atoms with E-state index in [-0.39, 0.29) is 0 Å². The molecule has 1 heterocycles. The van der Waals surface area contributed by atoms with Gasteiger partial charge in [-0.1, -0.05) is 0 Å². The summed E-state index contributed by atoms with van der Waals surface area (Å²) < 4.78 is 4.54. The highest BCUT2D eigenvalue weighted by Crippen LogP contribution is 2.18. The van der Waals surface area contributed by atoms with Gasteiger partial charge in [-0.25, -0.2) is 0 Å². The fraction of sp³-hybridized carbons (Fsp3) is 1.00. The molecular formula is C5H10O5. The quantitative estimate of drug-likeness (QED) is 0.329. The summed E-state index contributed by atoms with van der Waals surface area (Å²) in [5, 5.41) is 35.0. The van der Waals surface area contributed by atoms with Crippen LogP contribution in [0.3, 0.4) is 0 Å². The lowest BCUT2D eigenvalue weighted by atomic mass is 10.1. The first-order valence-corrected chi connectivity index (χ1v) is 2.97. The Hall–Kier alpha value is -0.200. The second-order valence-electron chi connectivity index (χ2n) is 2.23. The first kappa shape index (κ1) is 7.90. The molecule has 0 aromatic rings. The molecular weight excluding hydrogens is 140 g/mol. The molecule has 1 fully saturated rings. The van der Waals surface area contributed by atoms with Gasteiger partial charge in [-0.3, -0.25) is 0 Å². The van der Waals surface area contributed by atoms with Crippen molar-refractivity contribution in [2.75, 3.05) is 6.61 Å². The fourth-order valence-corrected chi connectivity index (χ4v) is 0.880. The first-order chi connectivity index (χ1) is 4.66. The summed E-state index contributed by atoms with van der Waals surface area (Å²) in [6.07, 6.45) is -4.76. The second kappa shape index (κ2) is 2.81. The maximum Gasteiger partial charge on any atom is 0.184 e. The zero-order valence-electron chi connectivity index (χ0n) is 5.21. The van der Waals surface area contributed by atoms with Crippen molar-refractivity contribution < 1.29 is 25.2 Å². The van der Waals surface area contributed by atoms with Crippen molar-refractivity contribution in [1.29, 1.82) is 0 Å². The Morgan fingerprint density at radius 1 is 1.10 bits per heavy atom. The third kappa shape index (κ3) is 1.14. The molecule has 60 valence electrons. The maximum atomic E-state index is 8.93. The van der Waals surface area contributed by atoms with Gasteiger partial charge in [-0.05, 0) is 0 Å². The van der Waals surface area contributed by atoms with Gasteiger partial charge in [0.2, 0.25) is 0 Å². The van der Waals surface area contributed by atoms with E-state index in [1.807, 2.05) is 0 Å². The fourth-order valence-electron chi connectivity index (χ4n) is 0.880. The van der Waals surface area contributed by atoms with E-state index in [9.17, 15) is 0 Å². The SMILES string of the molecule is OC[C@@H]1O[C@H](O)[C@H](O)[C@H]1O. The molecule has 4 atom stereocenters. The molecule has 0 unspecified atom stereocenters. The molecule has 1 aliphatic rings. The summed E-state index contributed by atoms with van der Waals surface area (Å²) in [6, 6.07) is 0. The highest BCUT2D eigenvalue weighted by molar-refractivity contribution is 4.84. The molecule has 0 bridgehead atoms. The molecule has 1 aliphatic heterocycles. The molecule has 0 aromatic heterocycles. The Morgan fingerprint density at radius 2 is 1.70 bits per heavy atom. The van der Waals surface area contributed by atoms with Crippen LogP contribution in [0, 0.1) is 0 Å². The topological polar surface area (TPSA) is 90.2 Å². The molecule has 0 aliphatic carbocycles. The van der Waals surface area contributed by atoms with Crippen LogP contribution in [0.1, 0.15) is 0 Å². The average Bonchev–Trinajstić information content (AvgIpc) is 2.17. The molecule has 4 N–H and O–H groups in total. The maximum absolute atomic E-state index is 8.93. The van der Waals surface area contributed by atoms with Gasteiger partial charge in [0, 0.05) is 0 Å². The molecule has 5 heteroatoms. The number of hydrogen-bond acceptors (Lipinski definition) is 5. The van der Waals surface area contributed by atoms with Crippen molar-refractivity contribution in [2.45, 2.75) is 24.6 Å². The molecule has 1 saturated heterocycles. The Bertz CT molecular complexity index is 117. The summed E-state index contributed by atoms with van der Waals surface area (Å²) >= 11 is 0. The van der Waals surface area contributed by atoms with Gasteiger partial charge in [0.25, 0.3) is 0 Å². The normalized spacial score (nSPS) is 48.0. The highest BCUT2D eigenvalue weighted by atomic mass is 16.6. The Kier molecular flexibility index (Phi) is 2.22. The Balaban J connectivity index is 2.53. The van der Waals surface area contributed by atoms with Gasteiger partial charge in [-0.2, -0.15) is 0 Å². The van der Waals surface area contributed by atoms with Crippen molar-refractivity contribution in [3.8, 4) is 0 Å². The smallest absolute Gasteiger partial charge is 0.184 e. The molecule has 0 amide bonds. The number of aliphatic hydroxyl groups is 4. The highest BCUT2D eigenvalue weighted by Gasteiger charge is 2.41. The monoisotopic (exact) mass is 150 g/mol. The lowest BCUT2D eigenvalue weighted by Crippen LogP contribution is -2.33. The summed E-state index contributed by atoms with van der Waals surface area (Å²) in [7, 11) is 0. The van der Waals surface area contributed by atoms with Crippen molar-refractivity contribution in [3.63, 3.8) is 0 Å². The lowest BCUT2D eigenvalue weighted by Gasteiger charge is -2.09. The molecule has 0 spiro atoms. The lowest BCUT2D eigenvalue weighted by molar-refractivity contribution is -0.132. The van der Waals surface area contributed by atoms with Crippen molar-refractivity contribution in [2.24, 2.45) is 0 Å². The number of ether oxygens (including phenoxy) is 1. The minimum absolute atomic E-state index is 0.407. The largest absolute Gasteiger partial charge is 0.394 e. The average molecular weight is 150 g/mol. The predicted octanol–water partition coefficient (Wildman–Crippen LogP) is -2.58. The van der Waals surface area contributed by atoms with Crippen LogP contribution < -0.4 is 0 Å². The van der Waals surface area contributed by atoms with Crippen LogP contribution in [0.5, 0.6) is 0 Å². The van der Waals surface area contributed by atoms with E-state index < -0.39 is 31.2 Å². The van der Waals surface area contributed by atoms with E-state index in [2.05, 4.69) is 4.74 Å². The van der Waals surface area contributed by atoms with Crippen LogP contribution >= 0.6 is 0 Å². The van der Waals surface area contributed by atoms with Gasteiger partial charge in [0.15, 0.2) is 6.29 Å². The third-order valence-electron chi connectivity index (χ3n) is 1.52. The summed E-state index contributed by atoms with van der Waals surface area (Å²) in [4.78, 5) is 0. The Morgan fingerprint density at radius 3 is 1.90 bits per heavy atom. The van der Waals surface area contributed by atoms with Crippen LogP contribution in [0.4, 0.5) is 0 Å². The van der Waals surface area contributed by atoms with Crippen molar-refractivity contribution in [3.05, 3.63) is 0 Å². The van der Waals surface area contributed by atoms with Gasteiger partial charge in [0.1, 0.15) is 18.3 Å². The zero-order valence-corrected chi connectivity index (χ0v) is 5.21.